The molecule has 1 N–H and O–H groups in total. The highest BCUT2D eigenvalue weighted by Gasteiger charge is 2.26. The number of thiazole rings is 1. The molecule has 0 spiro atoms. The fourth-order valence-corrected chi connectivity index (χ4v) is 4.21. The van der Waals surface area contributed by atoms with Crippen LogP contribution in [0.3, 0.4) is 0 Å². The molecule has 0 saturated heterocycles. The van der Waals surface area contributed by atoms with E-state index in [1.54, 1.807) is 31.4 Å². The SMILES string of the molecule is COc1cccc(C(=O)Nc2nc(-c3ccc4c(c3)CCN4C(=O)C(C)C)cs2)c1. The van der Waals surface area contributed by atoms with E-state index in [1.165, 1.54) is 11.3 Å². The van der Waals surface area contributed by atoms with Gasteiger partial charge in [-0.1, -0.05) is 26.0 Å². The lowest BCUT2D eigenvalue weighted by molar-refractivity contribution is -0.121. The van der Waals surface area contributed by atoms with Crippen LogP contribution < -0.4 is 15.0 Å². The van der Waals surface area contributed by atoms with Gasteiger partial charge in [-0.05, 0) is 42.3 Å². The summed E-state index contributed by atoms with van der Waals surface area (Å²) in [5.74, 6) is 0.528. The Bertz CT molecular complexity index is 1110. The van der Waals surface area contributed by atoms with Gasteiger partial charge < -0.3 is 9.64 Å². The largest absolute Gasteiger partial charge is 0.497 e. The highest BCUT2D eigenvalue weighted by atomic mass is 32.1. The van der Waals surface area contributed by atoms with Gasteiger partial charge in [-0.25, -0.2) is 4.98 Å². The van der Waals surface area contributed by atoms with Crippen LogP contribution in [0.5, 0.6) is 5.75 Å². The fourth-order valence-electron chi connectivity index (χ4n) is 3.50. The van der Waals surface area contributed by atoms with E-state index in [0.717, 1.165) is 28.9 Å². The molecule has 2 aromatic carbocycles. The van der Waals surface area contributed by atoms with Gasteiger partial charge in [0.1, 0.15) is 5.75 Å². The second kappa shape index (κ2) is 8.28. The Kier molecular flexibility index (Phi) is 5.55. The predicted molar refractivity (Wildman–Crippen MR) is 119 cm³/mol. The van der Waals surface area contributed by atoms with Gasteiger partial charge in [-0.3, -0.25) is 14.9 Å². The van der Waals surface area contributed by atoms with Crippen molar-refractivity contribution in [1.82, 2.24) is 4.98 Å². The molecule has 2 heterocycles. The van der Waals surface area contributed by atoms with Crippen molar-refractivity contribution in [3.63, 3.8) is 0 Å². The molecule has 1 aliphatic heterocycles. The first-order valence-corrected chi connectivity index (χ1v) is 10.7. The summed E-state index contributed by atoms with van der Waals surface area (Å²) in [6, 6.07) is 13.1. The summed E-state index contributed by atoms with van der Waals surface area (Å²) < 4.78 is 5.17. The summed E-state index contributed by atoms with van der Waals surface area (Å²) in [6.07, 6.45) is 0.838. The topological polar surface area (TPSA) is 71.5 Å². The van der Waals surface area contributed by atoms with Crippen LogP contribution >= 0.6 is 11.3 Å². The third-order valence-corrected chi connectivity index (χ3v) is 5.85. The number of fused-ring (bicyclic) bond motifs is 1. The first-order chi connectivity index (χ1) is 14.5. The van der Waals surface area contributed by atoms with Crippen LogP contribution in [-0.4, -0.2) is 30.5 Å². The van der Waals surface area contributed by atoms with Crippen LogP contribution in [0.4, 0.5) is 10.8 Å². The molecule has 0 bridgehead atoms. The van der Waals surface area contributed by atoms with E-state index in [2.05, 4.69) is 16.4 Å². The van der Waals surface area contributed by atoms with Crippen molar-refractivity contribution in [2.75, 3.05) is 23.9 Å². The molecule has 0 aliphatic carbocycles. The summed E-state index contributed by atoms with van der Waals surface area (Å²) in [7, 11) is 1.57. The first-order valence-electron chi connectivity index (χ1n) is 9.82. The molecule has 6 nitrogen and oxygen atoms in total. The van der Waals surface area contributed by atoms with Crippen molar-refractivity contribution >= 4 is 34.0 Å². The zero-order chi connectivity index (χ0) is 21.3. The van der Waals surface area contributed by atoms with E-state index in [1.807, 2.05) is 36.3 Å². The standard InChI is InChI=1S/C23H23N3O3S/c1-14(2)22(28)26-10-9-16-11-15(7-8-20(16)26)19-13-30-23(24-19)25-21(27)17-5-4-6-18(12-17)29-3/h4-8,11-14H,9-10H2,1-3H3,(H,24,25,27). The molecule has 0 fully saturated rings. The van der Waals surface area contributed by atoms with Gasteiger partial charge in [0, 0.05) is 34.7 Å². The third kappa shape index (κ3) is 3.93. The second-order valence-electron chi connectivity index (χ2n) is 7.46. The van der Waals surface area contributed by atoms with Crippen molar-refractivity contribution < 1.29 is 14.3 Å². The fraction of sp³-hybridized carbons (Fsp3) is 0.261. The molecule has 0 saturated carbocycles. The number of nitrogens with one attached hydrogen (secondary N) is 1. The average Bonchev–Trinajstić information content (AvgIpc) is 3.39. The number of rotatable bonds is 5. The minimum absolute atomic E-state index is 0.0232. The summed E-state index contributed by atoms with van der Waals surface area (Å²) in [6.45, 7) is 4.56. The number of anilines is 2. The van der Waals surface area contributed by atoms with Crippen molar-refractivity contribution in [1.29, 1.82) is 0 Å². The molecule has 0 radical (unpaired) electrons. The smallest absolute Gasteiger partial charge is 0.257 e. The van der Waals surface area contributed by atoms with E-state index >= 15 is 0 Å². The Morgan fingerprint density at radius 1 is 1.20 bits per heavy atom. The quantitative estimate of drug-likeness (QED) is 0.653. The molecule has 0 unspecified atom stereocenters. The lowest BCUT2D eigenvalue weighted by atomic mass is 10.1. The number of aromatic nitrogens is 1. The van der Waals surface area contributed by atoms with Gasteiger partial charge in [0.05, 0.1) is 12.8 Å². The molecule has 3 aromatic rings. The van der Waals surface area contributed by atoms with Crippen molar-refractivity contribution in [2.45, 2.75) is 20.3 Å². The number of methoxy groups -OCH3 is 1. The van der Waals surface area contributed by atoms with E-state index in [-0.39, 0.29) is 17.7 Å². The Morgan fingerprint density at radius 3 is 2.80 bits per heavy atom. The number of ether oxygens (including phenoxy) is 1. The monoisotopic (exact) mass is 421 g/mol. The molecule has 30 heavy (non-hydrogen) atoms. The number of nitrogens with zero attached hydrogens (tertiary/aromatic N) is 2. The molecule has 0 atom stereocenters. The summed E-state index contributed by atoms with van der Waals surface area (Å²) in [5.41, 5.74) is 4.43. The van der Waals surface area contributed by atoms with Crippen LogP contribution in [0, 0.1) is 5.92 Å². The van der Waals surface area contributed by atoms with Crippen molar-refractivity contribution in [2.24, 2.45) is 5.92 Å². The van der Waals surface area contributed by atoms with Gasteiger partial charge in [-0.15, -0.1) is 11.3 Å². The number of benzene rings is 2. The maximum absolute atomic E-state index is 12.5. The molecule has 1 aromatic heterocycles. The highest BCUT2D eigenvalue weighted by Crippen LogP contribution is 2.34. The predicted octanol–water partition coefficient (Wildman–Crippen LogP) is 4.62. The first kappa shape index (κ1) is 20.1. The van der Waals surface area contributed by atoms with Gasteiger partial charge in [0.2, 0.25) is 5.91 Å². The minimum atomic E-state index is -0.230. The summed E-state index contributed by atoms with van der Waals surface area (Å²) in [5, 5.41) is 5.31. The van der Waals surface area contributed by atoms with E-state index in [0.29, 0.717) is 23.0 Å². The zero-order valence-corrected chi connectivity index (χ0v) is 18.0. The van der Waals surface area contributed by atoms with Crippen LogP contribution in [-0.2, 0) is 11.2 Å². The van der Waals surface area contributed by atoms with Gasteiger partial charge in [-0.2, -0.15) is 0 Å². The van der Waals surface area contributed by atoms with Gasteiger partial charge >= 0.3 is 0 Å². The Morgan fingerprint density at radius 2 is 2.03 bits per heavy atom. The van der Waals surface area contributed by atoms with Crippen molar-refractivity contribution in [3.05, 3.63) is 59.0 Å². The number of amides is 2. The minimum Gasteiger partial charge on any atom is -0.497 e. The summed E-state index contributed by atoms with van der Waals surface area (Å²) >= 11 is 1.38. The normalized spacial score (nSPS) is 12.7. The molecule has 1 aliphatic rings. The molecule has 4 rings (SSSR count). The van der Waals surface area contributed by atoms with E-state index in [9.17, 15) is 9.59 Å². The van der Waals surface area contributed by atoms with Crippen LogP contribution in [0.15, 0.2) is 47.8 Å². The average molecular weight is 422 g/mol. The van der Waals surface area contributed by atoms with Crippen molar-refractivity contribution in [3.8, 4) is 17.0 Å². The Labute approximate surface area is 179 Å². The van der Waals surface area contributed by atoms with Crippen LogP contribution in [0.1, 0.15) is 29.8 Å². The number of carbonyl (C=O) groups excluding carboxylic acids is 2. The van der Waals surface area contributed by atoms with E-state index in [4.69, 9.17) is 4.74 Å². The van der Waals surface area contributed by atoms with Crippen LogP contribution in [0.25, 0.3) is 11.3 Å². The zero-order valence-electron chi connectivity index (χ0n) is 17.1. The summed E-state index contributed by atoms with van der Waals surface area (Å²) in [4.78, 5) is 31.3. The Balaban J connectivity index is 1.51. The number of carbonyl (C=O) groups is 2. The maximum Gasteiger partial charge on any atom is 0.257 e. The van der Waals surface area contributed by atoms with Gasteiger partial charge in [0.15, 0.2) is 5.13 Å². The number of hydrogen-bond donors (Lipinski definition) is 1. The van der Waals surface area contributed by atoms with E-state index < -0.39 is 0 Å². The molecular weight excluding hydrogens is 398 g/mol. The van der Waals surface area contributed by atoms with Gasteiger partial charge in [0.25, 0.3) is 5.91 Å². The van der Waals surface area contributed by atoms with Crippen LogP contribution in [0.2, 0.25) is 0 Å². The lowest BCUT2D eigenvalue weighted by Crippen LogP contribution is -2.32. The number of hydrogen-bond acceptors (Lipinski definition) is 5. The maximum atomic E-state index is 12.5. The molecular formula is C23H23N3O3S. The molecule has 7 heteroatoms. The Hall–Kier alpha value is -3.19. The second-order valence-corrected chi connectivity index (χ2v) is 8.32. The highest BCUT2D eigenvalue weighted by molar-refractivity contribution is 7.14. The third-order valence-electron chi connectivity index (χ3n) is 5.09. The lowest BCUT2D eigenvalue weighted by Gasteiger charge is -2.19. The molecule has 154 valence electrons. The molecule has 2 amide bonds.